The quantitative estimate of drug-likeness (QED) is 0.496. The van der Waals surface area contributed by atoms with Crippen LogP contribution in [0.5, 0.6) is 0 Å². The van der Waals surface area contributed by atoms with Crippen molar-refractivity contribution in [2.45, 2.75) is 30.8 Å². The summed E-state index contributed by atoms with van der Waals surface area (Å²) in [5.41, 5.74) is 3.52. The molecule has 0 N–H and O–H groups in total. The number of amides is 1. The van der Waals surface area contributed by atoms with Crippen molar-refractivity contribution in [1.82, 2.24) is 4.31 Å². The maximum atomic E-state index is 13.2. The van der Waals surface area contributed by atoms with Crippen molar-refractivity contribution in [3.05, 3.63) is 108 Å². The SMILES string of the molecule is C=CCN(Cc1ccc(C(=O)N2c3ccccc3CC2C)cc1)S(=O)(=O)c1ccccc1. The fourth-order valence-corrected chi connectivity index (χ4v) is 5.52. The normalized spacial score (nSPS) is 15.6. The average Bonchev–Trinajstić information content (AvgIpc) is 3.15. The van der Waals surface area contributed by atoms with Gasteiger partial charge in [0.05, 0.1) is 4.90 Å². The largest absolute Gasteiger partial charge is 0.305 e. The van der Waals surface area contributed by atoms with Gasteiger partial charge in [-0.3, -0.25) is 4.79 Å². The van der Waals surface area contributed by atoms with Gasteiger partial charge in [0, 0.05) is 30.4 Å². The molecule has 1 unspecified atom stereocenters. The Bertz CT molecular complexity index is 1220. The molecule has 1 aliphatic rings. The number of rotatable bonds is 7. The van der Waals surface area contributed by atoms with E-state index in [2.05, 4.69) is 12.6 Å². The van der Waals surface area contributed by atoms with Crippen LogP contribution in [0.3, 0.4) is 0 Å². The summed E-state index contributed by atoms with van der Waals surface area (Å²) in [4.78, 5) is 15.3. The topological polar surface area (TPSA) is 57.7 Å². The van der Waals surface area contributed by atoms with E-state index in [-0.39, 0.29) is 29.9 Å². The smallest absolute Gasteiger partial charge is 0.258 e. The zero-order valence-corrected chi connectivity index (χ0v) is 18.8. The Morgan fingerprint density at radius 1 is 1.03 bits per heavy atom. The van der Waals surface area contributed by atoms with E-state index in [4.69, 9.17) is 0 Å². The molecule has 5 nitrogen and oxygen atoms in total. The van der Waals surface area contributed by atoms with Crippen molar-refractivity contribution in [1.29, 1.82) is 0 Å². The molecule has 1 atom stereocenters. The highest BCUT2D eigenvalue weighted by Crippen LogP contribution is 2.33. The molecule has 1 heterocycles. The Kier molecular flexibility index (Phi) is 6.26. The maximum absolute atomic E-state index is 13.2. The van der Waals surface area contributed by atoms with E-state index < -0.39 is 10.0 Å². The van der Waals surface area contributed by atoms with E-state index in [1.165, 1.54) is 9.87 Å². The number of para-hydroxylation sites is 1. The van der Waals surface area contributed by atoms with E-state index in [0.717, 1.165) is 17.7 Å². The molecule has 0 fully saturated rings. The summed E-state index contributed by atoms with van der Waals surface area (Å²) in [6.45, 7) is 6.14. The highest BCUT2D eigenvalue weighted by molar-refractivity contribution is 7.89. The molecule has 0 aromatic heterocycles. The number of benzene rings is 3. The second kappa shape index (κ2) is 9.10. The second-order valence-corrected chi connectivity index (χ2v) is 9.89. The van der Waals surface area contributed by atoms with Crippen LogP contribution < -0.4 is 4.90 Å². The summed E-state index contributed by atoms with van der Waals surface area (Å²) in [6.07, 6.45) is 2.42. The minimum absolute atomic E-state index is 0.0474. The first-order valence-electron chi connectivity index (χ1n) is 10.6. The van der Waals surface area contributed by atoms with Crippen molar-refractivity contribution >= 4 is 21.6 Å². The maximum Gasteiger partial charge on any atom is 0.258 e. The summed E-state index contributed by atoms with van der Waals surface area (Å²) in [5, 5.41) is 0. The van der Waals surface area contributed by atoms with E-state index in [1.807, 2.05) is 42.2 Å². The highest BCUT2D eigenvalue weighted by Gasteiger charge is 2.31. The van der Waals surface area contributed by atoms with Crippen LogP contribution in [0.2, 0.25) is 0 Å². The number of nitrogens with zero attached hydrogens (tertiary/aromatic N) is 2. The molecule has 0 radical (unpaired) electrons. The number of anilines is 1. The lowest BCUT2D eigenvalue weighted by molar-refractivity contribution is 0.0981. The molecule has 32 heavy (non-hydrogen) atoms. The van der Waals surface area contributed by atoms with Crippen LogP contribution in [-0.4, -0.2) is 31.2 Å². The zero-order chi connectivity index (χ0) is 22.7. The average molecular weight is 447 g/mol. The fourth-order valence-electron chi connectivity index (χ4n) is 4.10. The van der Waals surface area contributed by atoms with E-state index in [9.17, 15) is 13.2 Å². The van der Waals surface area contributed by atoms with Gasteiger partial charge in [-0.25, -0.2) is 8.42 Å². The van der Waals surface area contributed by atoms with E-state index in [0.29, 0.717) is 5.56 Å². The van der Waals surface area contributed by atoms with Crippen molar-refractivity contribution in [2.75, 3.05) is 11.4 Å². The summed E-state index contributed by atoms with van der Waals surface area (Å²) >= 11 is 0. The van der Waals surface area contributed by atoms with Gasteiger partial charge in [0.15, 0.2) is 0 Å². The molecule has 0 spiro atoms. The molecule has 1 amide bonds. The van der Waals surface area contributed by atoms with Gasteiger partial charge in [-0.1, -0.05) is 54.6 Å². The third-order valence-corrected chi connectivity index (χ3v) is 7.53. The predicted molar refractivity (Wildman–Crippen MR) is 127 cm³/mol. The Balaban J connectivity index is 1.54. The van der Waals surface area contributed by atoms with Gasteiger partial charge >= 0.3 is 0 Å². The first-order chi connectivity index (χ1) is 15.4. The van der Waals surface area contributed by atoms with Crippen LogP contribution in [0.25, 0.3) is 0 Å². The van der Waals surface area contributed by atoms with Gasteiger partial charge in [0.1, 0.15) is 0 Å². The summed E-state index contributed by atoms with van der Waals surface area (Å²) in [7, 11) is -3.65. The highest BCUT2D eigenvalue weighted by atomic mass is 32.2. The molecule has 1 aliphatic heterocycles. The molecular weight excluding hydrogens is 420 g/mol. The standard InChI is InChI=1S/C26H26N2O3S/c1-3-17-27(32(30,31)24-10-5-4-6-11-24)19-21-13-15-22(16-14-21)26(29)28-20(2)18-23-9-7-8-12-25(23)28/h3-16,20H,1,17-19H2,2H3. The molecule has 4 rings (SSSR count). The third-order valence-electron chi connectivity index (χ3n) is 5.70. The lowest BCUT2D eigenvalue weighted by atomic mass is 10.1. The zero-order valence-electron chi connectivity index (χ0n) is 18.0. The molecule has 0 aliphatic carbocycles. The molecular formula is C26H26N2O3S. The number of fused-ring (bicyclic) bond motifs is 1. The summed E-state index contributed by atoms with van der Waals surface area (Å²) in [6, 6.07) is 23.6. The molecule has 3 aromatic carbocycles. The minimum atomic E-state index is -3.65. The molecule has 0 saturated carbocycles. The number of carbonyl (C=O) groups is 1. The van der Waals surface area contributed by atoms with Crippen LogP contribution in [0.1, 0.15) is 28.4 Å². The number of hydrogen-bond donors (Lipinski definition) is 0. The monoisotopic (exact) mass is 446 g/mol. The van der Waals surface area contributed by atoms with Gasteiger partial charge < -0.3 is 4.90 Å². The van der Waals surface area contributed by atoms with Crippen LogP contribution >= 0.6 is 0 Å². The third kappa shape index (κ3) is 4.24. The molecule has 6 heteroatoms. The number of carbonyl (C=O) groups excluding carboxylic acids is 1. The fraction of sp³-hybridized carbons (Fsp3) is 0.192. The molecule has 0 bridgehead atoms. The van der Waals surface area contributed by atoms with Crippen LogP contribution in [0.4, 0.5) is 5.69 Å². The van der Waals surface area contributed by atoms with Gasteiger partial charge in [-0.2, -0.15) is 4.31 Å². The molecule has 0 saturated heterocycles. The van der Waals surface area contributed by atoms with E-state index >= 15 is 0 Å². The predicted octanol–water partition coefficient (Wildman–Crippen LogP) is 4.65. The Labute approximate surface area is 189 Å². The first kappa shape index (κ1) is 22.0. The number of sulfonamides is 1. The van der Waals surface area contributed by atoms with Gasteiger partial charge in [-0.15, -0.1) is 6.58 Å². The lowest BCUT2D eigenvalue weighted by Gasteiger charge is -2.23. The Morgan fingerprint density at radius 2 is 1.69 bits per heavy atom. The van der Waals surface area contributed by atoms with Crippen molar-refractivity contribution in [3.8, 4) is 0 Å². The van der Waals surface area contributed by atoms with Crippen LogP contribution in [0, 0.1) is 0 Å². The van der Waals surface area contributed by atoms with Crippen LogP contribution in [0.15, 0.2) is 96.4 Å². The summed E-state index contributed by atoms with van der Waals surface area (Å²) < 4.78 is 27.5. The van der Waals surface area contributed by atoms with Crippen molar-refractivity contribution in [2.24, 2.45) is 0 Å². The second-order valence-electron chi connectivity index (χ2n) is 7.95. The Morgan fingerprint density at radius 3 is 2.38 bits per heavy atom. The first-order valence-corrected chi connectivity index (χ1v) is 12.0. The number of hydrogen-bond acceptors (Lipinski definition) is 3. The Hall–Kier alpha value is -3.22. The van der Waals surface area contributed by atoms with Crippen LogP contribution in [-0.2, 0) is 23.0 Å². The van der Waals surface area contributed by atoms with E-state index in [1.54, 1.807) is 48.5 Å². The van der Waals surface area contributed by atoms with Gasteiger partial charge in [-0.05, 0) is 54.8 Å². The molecule has 3 aromatic rings. The van der Waals surface area contributed by atoms with Gasteiger partial charge in [0.25, 0.3) is 5.91 Å². The minimum Gasteiger partial charge on any atom is -0.305 e. The van der Waals surface area contributed by atoms with Crippen molar-refractivity contribution in [3.63, 3.8) is 0 Å². The summed E-state index contributed by atoms with van der Waals surface area (Å²) in [5.74, 6) is -0.0474. The van der Waals surface area contributed by atoms with Crippen molar-refractivity contribution < 1.29 is 13.2 Å². The molecule has 164 valence electrons. The lowest BCUT2D eigenvalue weighted by Crippen LogP contribution is -2.35. The van der Waals surface area contributed by atoms with Gasteiger partial charge in [0.2, 0.25) is 10.0 Å².